The number of carboxylic acids is 1. The standard InChI is InChI=1S/C30H61NO2/c1-5-8-10-12-14-16-18-20-22-24-26-31(29(30(32)33)28(4)7-3)27-25-23-21-19-17-15-13-11-9-6-2/h28-29H,5-27H2,1-4H3,(H,32,33). The van der Waals surface area contributed by atoms with Crippen molar-refractivity contribution in [2.24, 2.45) is 5.92 Å². The minimum atomic E-state index is -0.622. The van der Waals surface area contributed by atoms with Gasteiger partial charge >= 0.3 is 5.97 Å². The summed E-state index contributed by atoms with van der Waals surface area (Å²) in [5.74, 6) is -0.405. The first kappa shape index (κ1) is 32.4. The van der Waals surface area contributed by atoms with E-state index in [1.807, 2.05) is 0 Å². The summed E-state index contributed by atoms with van der Waals surface area (Å²) in [4.78, 5) is 14.4. The van der Waals surface area contributed by atoms with Crippen LogP contribution in [0.1, 0.15) is 163 Å². The fourth-order valence-electron chi connectivity index (χ4n) is 4.98. The molecule has 0 aromatic heterocycles. The molecule has 0 spiro atoms. The maximum atomic E-state index is 12.1. The third-order valence-corrected chi connectivity index (χ3v) is 7.43. The monoisotopic (exact) mass is 467 g/mol. The Morgan fingerprint density at radius 1 is 0.576 bits per heavy atom. The van der Waals surface area contributed by atoms with Crippen LogP contribution >= 0.6 is 0 Å². The molecule has 0 aliphatic carbocycles. The summed E-state index contributed by atoms with van der Waals surface area (Å²) in [6, 6.07) is -0.313. The number of rotatable bonds is 26. The van der Waals surface area contributed by atoms with Crippen LogP contribution in [-0.2, 0) is 4.79 Å². The number of hydrogen-bond acceptors (Lipinski definition) is 2. The number of unbranched alkanes of at least 4 members (excludes halogenated alkanes) is 18. The molecule has 0 aliphatic heterocycles. The van der Waals surface area contributed by atoms with Gasteiger partial charge in [-0.05, 0) is 31.8 Å². The van der Waals surface area contributed by atoms with Gasteiger partial charge < -0.3 is 5.11 Å². The smallest absolute Gasteiger partial charge is 0.321 e. The number of hydrogen-bond donors (Lipinski definition) is 1. The quantitative estimate of drug-likeness (QED) is 0.129. The third-order valence-electron chi connectivity index (χ3n) is 7.43. The van der Waals surface area contributed by atoms with Crippen LogP contribution in [0.15, 0.2) is 0 Å². The Morgan fingerprint density at radius 2 is 0.879 bits per heavy atom. The van der Waals surface area contributed by atoms with Gasteiger partial charge in [0.15, 0.2) is 0 Å². The van der Waals surface area contributed by atoms with Gasteiger partial charge in [-0.1, -0.05) is 150 Å². The first-order valence-corrected chi connectivity index (χ1v) is 15.0. The minimum Gasteiger partial charge on any atom is -0.480 e. The molecule has 0 aliphatic rings. The van der Waals surface area contributed by atoms with E-state index in [0.29, 0.717) is 0 Å². The molecular formula is C30H61NO2. The van der Waals surface area contributed by atoms with Crippen molar-refractivity contribution in [2.45, 2.75) is 169 Å². The van der Waals surface area contributed by atoms with Crippen LogP contribution in [0.3, 0.4) is 0 Å². The molecule has 3 heteroatoms. The molecule has 0 heterocycles. The van der Waals surface area contributed by atoms with Crippen LogP contribution < -0.4 is 0 Å². The fourth-order valence-corrected chi connectivity index (χ4v) is 4.98. The van der Waals surface area contributed by atoms with Crippen molar-refractivity contribution in [1.82, 2.24) is 4.90 Å². The molecular weight excluding hydrogens is 406 g/mol. The highest BCUT2D eigenvalue weighted by molar-refractivity contribution is 5.73. The van der Waals surface area contributed by atoms with Crippen LogP contribution in [0, 0.1) is 5.92 Å². The fraction of sp³-hybridized carbons (Fsp3) is 0.967. The molecule has 0 rings (SSSR count). The van der Waals surface area contributed by atoms with E-state index in [9.17, 15) is 9.90 Å². The molecule has 3 nitrogen and oxygen atoms in total. The number of aliphatic carboxylic acids is 1. The van der Waals surface area contributed by atoms with Crippen molar-refractivity contribution in [3.8, 4) is 0 Å². The number of carbonyl (C=O) groups is 1. The van der Waals surface area contributed by atoms with Crippen LogP contribution in [0.25, 0.3) is 0 Å². The molecule has 0 saturated heterocycles. The summed E-state index contributed by atoms with van der Waals surface area (Å²) < 4.78 is 0. The summed E-state index contributed by atoms with van der Waals surface area (Å²) in [5.41, 5.74) is 0. The van der Waals surface area contributed by atoms with Gasteiger partial charge in [-0.25, -0.2) is 0 Å². The molecule has 0 fully saturated rings. The highest BCUT2D eigenvalue weighted by Gasteiger charge is 2.29. The van der Waals surface area contributed by atoms with Crippen LogP contribution in [0.5, 0.6) is 0 Å². The molecule has 0 bridgehead atoms. The second kappa shape index (κ2) is 24.6. The minimum absolute atomic E-state index is 0.216. The summed E-state index contributed by atoms with van der Waals surface area (Å²) in [6.07, 6.45) is 27.6. The molecule has 0 saturated carbocycles. The van der Waals surface area contributed by atoms with Gasteiger partial charge in [-0.3, -0.25) is 9.69 Å². The van der Waals surface area contributed by atoms with Crippen LogP contribution in [0.2, 0.25) is 0 Å². The maximum Gasteiger partial charge on any atom is 0.321 e. The summed E-state index contributed by atoms with van der Waals surface area (Å²) in [5, 5.41) is 9.93. The van der Waals surface area contributed by atoms with Crippen LogP contribution in [-0.4, -0.2) is 35.1 Å². The van der Waals surface area contributed by atoms with E-state index in [1.165, 1.54) is 116 Å². The van der Waals surface area contributed by atoms with E-state index in [0.717, 1.165) is 32.4 Å². The Bertz CT molecular complexity index is 388. The van der Waals surface area contributed by atoms with Crippen molar-refractivity contribution in [2.75, 3.05) is 13.1 Å². The first-order valence-electron chi connectivity index (χ1n) is 15.0. The molecule has 33 heavy (non-hydrogen) atoms. The second-order valence-corrected chi connectivity index (χ2v) is 10.6. The van der Waals surface area contributed by atoms with Crippen molar-refractivity contribution in [3.63, 3.8) is 0 Å². The Kier molecular flexibility index (Phi) is 24.1. The van der Waals surface area contributed by atoms with E-state index in [-0.39, 0.29) is 12.0 Å². The van der Waals surface area contributed by atoms with Crippen molar-refractivity contribution in [1.29, 1.82) is 0 Å². The summed E-state index contributed by atoms with van der Waals surface area (Å²) >= 11 is 0. The Labute approximate surface area is 208 Å². The van der Waals surface area contributed by atoms with Gasteiger partial charge in [0.25, 0.3) is 0 Å². The van der Waals surface area contributed by atoms with Crippen LogP contribution in [0.4, 0.5) is 0 Å². The Balaban J connectivity index is 4.16. The number of carboxylic acid groups (broad SMARTS) is 1. The topological polar surface area (TPSA) is 40.5 Å². The zero-order chi connectivity index (χ0) is 24.6. The molecule has 0 aromatic carbocycles. The van der Waals surface area contributed by atoms with Crippen molar-refractivity contribution < 1.29 is 9.90 Å². The van der Waals surface area contributed by atoms with E-state index in [4.69, 9.17) is 0 Å². The van der Waals surface area contributed by atoms with E-state index >= 15 is 0 Å². The van der Waals surface area contributed by atoms with Crippen molar-refractivity contribution in [3.05, 3.63) is 0 Å². The van der Waals surface area contributed by atoms with Gasteiger partial charge in [0.1, 0.15) is 6.04 Å². The lowest BCUT2D eigenvalue weighted by Crippen LogP contribution is -2.46. The third kappa shape index (κ3) is 19.4. The van der Waals surface area contributed by atoms with E-state index < -0.39 is 5.97 Å². The first-order chi connectivity index (χ1) is 16.1. The second-order valence-electron chi connectivity index (χ2n) is 10.6. The average Bonchev–Trinajstić information content (AvgIpc) is 2.80. The summed E-state index contributed by atoms with van der Waals surface area (Å²) in [7, 11) is 0. The molecule has 0 radical (unpaired) electrons. The summed E-state index contributed by atoms with van der Waals surface area (Å²) in [6.45, 7) is 10.7. The van der Waals surface area contributed by atoms with Gasteiger partial charge in [0.05, 0.1) is 0 Å². The molecule has 2 unspecified atom stereocenters. The predicted molar refractivity (Wildman–Crippen MR) is 146 cm³/mol. The zero-order valence-electron chi connectivity index (χ0n) is 23.2. The lowest BCUT2D eigenvalue weighted by molar-refractivity contribution is -0.145. The predicted octanol–water partition coefficient (Wildman–Crippen LogP) is 9.63. The van der Waals surface area contributed by atoms with Gasteiger partial charge in [-0.2, -0.15) is 0 Å². The highest BCUT2D eigenvalue weighted by atomic mass is 16.4. The van der Waals surface area contributed by atoms with Crippen molar-refractivity contribution >= 4 is 5.97 Å². The highest BCUT2D eigenvalue weighted by Crippen LogP contribution is 2.19. The molecule has 1 N–H and O–H groups in total. The normalized spacial score (nSPS) is 13.5. The molecule has 0 amide bonds. The Hall–Kier alpha value is -0.570. The van der Waals surface area contributed by atoms with E-state index in [1.54, 1.807) is 0 Å². The van der Waals surface area contributed by atoms with Gasteiger partial charge in [0, 0.05) is 0 Å². The maximum absolute atomic E-state index is 12.1. The zero-order valence-corrected chi connectivity index (χ0v) is 23.2. The van der Waals surface area contributed by atoms with E-state index in [2.05, 4.69) is 32.6 Å². The average molecular weight is 468 g/mol. The molecule has 0 aromatic rings. The molecule has 2 atom stereocenters. The van der Waals surface area contributed by atoms with Gasteiger partial charge in [-0.15, -0.1) is 0 Å². The van der Waals surface area contributed by atoms with Gasteiger partial charge in [0.2, 0.25) is 0 Å². The molecule has 198 valence electrons. The Morgan fingerprint density at radius 3 is 1.15 bits per heavy atom. The SMILES string of the molecule is CCCCCCCCCCCCN(CCCCCCCCCCCC)C(C(=O)O)C(C)CC. The largest absolute Gasteiger partial charge is 0.480 e. The number of nitrogens with zero attached hydrogens (tertiary/aromatic N) is 1. The lowest BCUT2D eigenvalue weighted by atomic mass is 9.96. The lowest BCUT2D eigenvalue weighted by Gasteiger charge is -2.32.